The summed E-state index contributed by atoms with van der Waals surface area (Å²) in [5, 5.41) is 2.99. The zero-order chi connectivity index (χ0) is 11.9. The molecule has 1 rings (SSSR count). The van der Waals surface area contributed by atoms with E-state index >= 15 is 0 Å². The SMILES string of the molecule is CCCOCC(=O)NCC1(SC)CCCC1. The van der Waals surface area contributed by atoms with Crippen LogP contribution in [0.15, 0.2) is 0 Å². The lowest BCUT2D eigenvalue weighted by atomic mass is 10.1. The Hall–Kier alpha value is -0.220. The van der Waals surface area contributed by atoms with E-state index in [1.807, 2.05) is 18.7 Å². The minimum atomic E-state index is 0.0220. The lowest BCUT2D eigenvalue weighted by Crippen LogP contribution is -2.40. The summed E-state index contributed by atoms with van der Waals surface area (Å²) in [7, 11) is 0. The van der Waals surface area contributed by atoms with Gasteiger partial charge in [-0.05, 0) is 25.5 Å². The van der Waals surface area contributed by atoms with Gasteiger partial charge in [0, 0.05) is 17.9 Å². The van der Waals surface area contributed by atoms with Crippen LogP contribution in [0.2, 0.25) is 0 Å². The topological polar surface area (TPSA) is 38.3 Å². The molecule has 0 aromatic rings. The minimum absolute atomic E-state index is 0.0220. The van der Waals surface area contributed by atoms with Gasteiger partial charge in [0.15, 0.2) is 0 Å². The number of carbonyl (C=O) groups is 1. The van der Waals surface area contributed by atoms with Crippen LogP contribution in [0.3, 0.4) is 0 Å². The number of carbonyl (C=O) groups excluding carboxylic acids is 1. The van der Waals surface area contributed by atoms with E-state index in [-0.39, 0.29) is 12.5 Å². The molecule has 1 N–H and O–H groups in total. The Bertz CT molecular complexity index is 215. The van der Waals surface area contributed by atoms with Crippen molar-refractivity contribution < 1.29 is 9.53 Å². The lowest BCUT2D eigenvalue weighted by Gasteiger charge is -2.26. The molecule has 0 unspecified atom stereocenters. The van der Waals surface area contributed by atoms with Gasteiger partial charge in [-0.25, -0.2) is 0 Å². The summed E-state index contributed by atoms with van der Waals surface area (Å²) in [6, 6.07) is 0. The molecule has 0 aliphatic heterocycles. The molecule has 0 aromatic heterocycles. The Morgan fingerprint density at radius 2 is 2.12 bits per heavy atom. The van der Waals surface area contributed by atoms with E-state index in [0.29, 0.717) is 11.4 Å². The standard InChI is InChI=1S/C12H23NO2S/c1-3-8-15-9-11(14)13-10-12(16-2)6-4-5-7-12/h3-10H2,1-2H3,(H,13,14). The molecule has 1 saturated carbocycles. The number of nitrogens with one attached hydrogen (secondary N) is 1. The van der Waals surface area contributed by atoms with Crippen LogP contribution in [0.25, 0.3) is 0 Å². The van der Waals surface area contributed by atoms with Crippen LogP contribution < -0.4 is 5.32 Å². The van der Waals surface area contributed by atoms with Gasteiger partial charge in [-0.15, -0.1) is 0 Å². The molecular formula is C12H23NO2S. The molecule has 0 bridgehead atoms. The van der Waals surface area contributed by atoms with E-state index in [9.17, 15) is 4.79 Å². The monoisotopic (exact) mass is 245 g/mol. The fourth-order valence-electron chi connectivity index (χ4n) is 2.09. The average Bonchev–Trinajstić information content (AvgIpc) is 2.76. The Labute approximate surface area is 103 Å². The number of hydrogen-bond acceptors (Lipinski definition) is 3. The van der Waals surface area contributed by atoms with E-state index < -0.39 is 0 Å². The predicted molar refractivity (Wildman–Crippen MR) is 68.8 cm³/mol. The molecule has 0 aromatic carbocycles. The first-order valence-corrected chi connectivity index (χ1v) is 7.34. The maximum absolute atomic E-state index is 11.5. The molecule has 0 spiro atoms. The van der Waals surface area contributed by atoms with Crippen molar-refractivity contribution >= 4 is 17.7 Å². The quantitative estimate of drug-likeness (QED) is 0.699. The Morgan fingerprint density at radius 3 is 2.69 bits per heavy atom. The third-order valence-corrected chi connectivity index (χ3v) is 4.56. The molecule has 0 radical (unpaired) electrons. The van der Waals surface area contributed by atoms with E-state index in [1.54, 1.807) is 0 Å². The van der Waals surface area contributed by atoms with E-state index in [1.165, 1.54) is 25.7 Å². The number of hydrogen-bond donors (Lipinski definition) is 1. The van der Waals surface area contributed by atoms with Crippen molar-refractivity contribution in [1.29, 1.82) is 0 Å². The van der Waals surface area contributed by atoms with Gasteiger partial charge in [0.25, 0.3) is 0 Å². The Balaban J connectivity index is 2.19. The fraction of sp³-hybridized carbons (Fsp3) is 0.917. The van der Waals surface area contributed by atoms with Gasteiger partial charge < -0.3 is 10.1 Å². The summed E-state index contributed by atoms with van der Waals surface area (Å²) < 4.78 is 5.50. The minimum Gasteiger partial charge on any atom is -0.372 e. The van der Waals surface area contributed by atoms with Gasteiger partial charge >= 0.3 is 0 Å². The molecule has 4 heteroatoms. The average molecular weight is 245 g/mol. The van der Waals surface area contributed by atoms with Crippen molar-refractivity contribution in [3.8, 4) is 0 Å². The highest BCUT2D eigenvalue weighted by Gasteiger charge is 2.33. The summed E-state index contributed by atoms with van der Waals surface area (Å²) in [5.74, 6) is 0.0220. The van der Waals surface area contributed by atoms with E-state index in [2.05, 4.69) is 11.6 Å². The molecule has 1 amide bonds. The van der Waals surface area contributed by atoms with Crippen LogP contribution in [0.4, 0.5) is 0 Å². The van der Waals surface area contributed by atoms with Gasteiger partial charge in [-0.1, -0.05) is 19.8 Å². The van der Waals surface area contributed by atoms with Crippen LogP contribution in [0.5, 0.6) is 0 Å². The highest BCUT2D eigenvalue weighted by atomic mass is 32.2. The van der Waals surface area contributed by atoms with Crippen molar-refractivity contribution in [2.24, 2.45) is 0 Å². The molecule has 3 nitrogen and oxygen atoms in total. The van der Waals surface area contributed by atoms with Crippen LogP contribution in [-0.4, -0.2) is 36.7 Å². The maximum Gasteiger partial charge on any atom is 0.246 e. The molecule has 1 fully saturated rings. The zero-order valence-corrected chi connectivity index (χ0v) is 11.2. The largest absolute Gasteiger partial charge is 0.372 e. The van der Waals surface area contributed by atoms with E-state index in [4.69, 9.17) is 4.74 Å². The second kappa shape index (κ2) is 7.17. The van der Waals surface area contributed by atoms with Crippen molar-refractivity contribution in [3.05, 3.63) is 0 Å². The van der Waals surface area contributed by atoms with Gasteiger partial charge in [0.2, 0.25) is 5.91 Å². The van der Waals surface area contributed by atoms with Gasteiger partial charge in [-0.3, -0.25) is 4.79 Å². The summed E-state index contributed by atoms with van der Waals surface area (Å²) >= 11 is 1.89. The molecule has 94 valence electrons. The summed E-state index contributed by atoms with van der Waals surface area (Å²) in [6.45, 7) is 3.71. The van der Waals surface area contributed by atoms with Crippen molar-refractivity contribution in [3.63, 3.8) is 0 Å². The highest BCUT2D eigenvalue weighted by molar-refractivity contribution is 8.00. The first kappa shape index (κ1) is 13.8. The van der Waals surface area contributed by atoms with Crippen molar-refractivity contribution in [2.45, 2.75) is 43.8 Å². The smallest absolute Gasteiger partial charge is 0.246 e. The number of amides is 1. The van der Waals surface area contributed by atoms with Crippen LogP contribution >= 0.6 is 11.8 Å². The fourth-order valence-corrected chi connectivity index (χ4v) is 3.01. The summed E-state index contributed by atoms with van der Waals surface area (Å²) in [5.41, 5.74) is 0. The summed E-state index contributed by atoms with van der Waals surface area (Å²) in [6.07, 6.45) is 8.15. The Kier molecular flexibility index (Phi) is 6.21. The molecular weight excluding hydrogens is 222 g/mol. The molecule has 1 aliphatic carbocycles. The number of ether oxygens (including phenoxy) is 1. The number of rotatable bonds is 7. The van der Waals surface area contributed by atoms with Gasteiger partial charge in [0.05, 0.1) is 0 Å². The van der Waals surface area contributed by atoms with Crippen LogP contribution in [0.1, 0.15) is 39.0 Å². The van der Waals surface area contributed by atoms with Crippen molar-refractivity contribution in [2.75, 3.05) is 26.0 Å². The van der Waals surface area contributed by atoms with Crippen LogP contribution in [-0.2, 0) is 9.53 Å². The highest BCUT2D eigenvalue weighted by Crippen LogP contribution is 2.39. The van der Waals surface area contributed by atoms with Gasteiger partial charge in [-0.2, -0.15) is 11.8 Å². The van der Waals surface area contributed by atoms with Gasteiger partial charge in [0.1, 0.15) is 6.61 Å². The first-order chi connectivity index (χ1) is 7.72. The third-order valence-electron chi connectivity index (χ3n) is 3.14. The molecule has 0 atom stereocenters. The summed E-state index contributed by atoms with van der Waals surface area (Å²) in [4.78, 5) is 11.5. The zero-order valence-electron chi connectivity index (χ0n) is 10.4. The Morgan fingerprint density at radius 1 is 1.44 bits per heavy atom. The van der Waals surface area contributed by atoms with E-state index in [0.717, 1.165) is 13.0 Å². The molecule has 16 heavy (non-hydrogen) atoms. The first-order valence-electron chi connectivity index (χ1n) is 6.12. The normalized spacial score (nSPS) is 18.6. The molecule has 0 saturated heterocycles. The predicted octanol–water partition coefficient (Wildman–Crippen LogP) is 2.20. The lowest BCUT2D eigenvalue weighted by molar-refractivity contribution is -0.125. The maximum atomic E-state index is 11.5. The number of thioether (sulfide) groups is 1. The molecule has 1 aliphatic rings. The second-order valence-corrected chi connectivity index (χ2v) is 5.70. The van der Waals surface area contributed by atoms with Crippen molar-refractivity contribution in [1.82, 2.24) is 5.32 Å². The third kappa shape index (κ3) is 4.34. The molecule has 0 heterocycles. The van der Waals surface area contributed by atoms with Crippen LogP contribution in [0, 0.1) is 0 Å². The second-order valence-electron chi connectivity index (χ2n) is 4.42.